The van der Waals surface area contributed by atoms with Crippen molar-refractivity contribution in [2.75, 3.05) is 7.11 Å². The minimum absolute atomic E-state index is 0.116. The topological polar surface area (TPSA) is 46.5 Å². The summed E-state index contributed by atoms with van der Waals surface area (Å²) in [5.41, 5.74) is 0.707. The van der Waals surface area contributed by atoms with Crippen LogP contribution in [0, 0.1) is 52.8 Å². The van der Waals surface area contributed by atoms with Crippen molar-refractivity contribution in [2.45, 2.75) is 83.7 Å². The molecule has 33 heavy (non-hydrogen) atoms. The molecule has 4 aliphatic carbocycles. The van der Waals surface area contributed by atoms with Gasteiger partial charge in [0.05, 0.1) is 18.6 Å². The summed E-state index contributed by atoms with van der Waals surface area (Å²) >= 11 is 0. The van der Waals surface area contributed by atoms with Crippen LogP contribution >= 0.6 is 0 Å². The van der Waals surface area contributed by atoms with Gasteiger partial charge in [-0.1, -0.05) is 31.9 Å². The Balaban J connectivity index is 1.44. The summed E-state index contributed by atoms with van der Waals surface area (Å²) in [5.74, 6) is 7.01. The van der Waals surface area contributed by atoms with Crippen LogP contribution in [0.2, 0.25) is 0 Å². The van der Waals surface area contributed by atoms with Crippen LogP contribution in [0.15, 0.2) is 24.3 Å². The third-order valence-electron chi connectivity index (χ3n) is 11.2. The zero-order valence-electron chi connectivity index (χ0n) is 20.8. The van der Waals surface area contributed by atoms with Gasteiger partial charge in [0.1, 0.15) is 11.5 Å². The smallest absolute Gasteiger partial charge is 0.133 e. The Bertz CT molecular complexity index is 960. The van der Waals surface area contributed by atoms with E-state index in [9.17, 15) is 9.90 Å². The van der Waals surface area contributed by atoms with Crippen molar-refractivity contribution in [1.82, 2.24) is 0 Å². The first-order valence-electron chi connectivity index (χ1n) is 13.0. The summed E-state index contributed by atoms with van der Waals surface area (Å²) in [4.78, 5) is 12.4. The summed E-state index contributed by atoms with van der Waals surface area (Å²) in [7, 11) is 1.67. The molecule has 0 bridgehead atoms. The van der Waals surface area contributed by atoms with Gasteiger partial charge < -0.3 is 9.84 Å². The second kappa shape index (κ2) is 7.88. The highest BCUT2D eigenvalue weighted by Gasteiger charge is 2.63. The fourth-order valence-corrected chi connectivity index (χ4v) is 9.41. The lowest BCUT2D eigenvalue weighted by Gasteiger charge is -2.63. The van der Waals surface area contributed by atoms with Crippen molar-refractivity contribution in [3.05, 3.63) is 29.8 Å². The number of ether oxygens (including phenoxy) is 1. The molecular formula is C30H40O3. The van der Waals surface area contributed by atoms with Gasteiger partial charge in [0.25, 0.3) is 0 Å². The lowest BCUT2D eigenvalue weighted by molar-refractivity contribution is -0.148. The maximum atomic E-state index is 12.4. The van der Waals surface area contributed by atoms with Crippen molar-refractivity contribution >= 4 is 5.78 Å². The fourth-order valence-electron chi connectivity index (χ4n) is 9.41. The molecule has 4 aliphatic rings. The zero-order valence-corrected chi connectivity index (χ0v) is 20.8. The van der Waals surface area contributed by atoms with Gasteiger partial charge in [-0.25, -0.2) is 0 Å². The van der Waals surface area contributed by atoms with Gasteiger partial charge in [0.2, 0.25) is 0 Å². The third kappa shape index (κ3) is 3.16. The molecule has 3 nitrogen and oxygen atoms in total. The van der Waals surface area contributed by atoms with E-state index in [-0.39, 0.29) is 16.7 Å². The largest absolute Gasteiger partial charge is 0.497 e. The number of rotatable bonds is 3. The number of benzene rings is 1. The number of fused-ring (bicyclic) bond motifs is 5. The molecule has 1 aromatic carbocycles. The predicted molar refractivity (Wildman–Crippen MR) is 131 cm³/mol. The molecule has 0 amide bonds. The molecule has 178 valence electrons. The Morgan fingerprint density at radius 1 is 1.03 bits per heavy atom. The van der Waals surface area contributed by atoms with Crippen molar-refractivity contribution in [1.29, 1.82) is 0 Å². The molecule has 0 aromatic heterocycles. The first kappa shape index (κ1) is 23.0. The molecule has 5 rings (SSSR count). The van der Waals surface area contributed by atoms with E-state index < -0.39 is 11.5 Å². The number of hydrogen-bond donors (Lipinski definition) is 1. The van der Waals surface area contributed by atoms with Crippen LogP contribution in [0.1, 0.15) is 77.7 Å². The fraction of sp³-hybridized carbons (Fsp3) is 0.700. The quantitative estimate of drug-likeness (QED) is 0.596. The molecule has 1 aromatic rings. The van der Waals surface area contributed by atoms with E-state index in [1.807, 2.05) is 24.3 Å². The Hall–Kier alpha value is -1.79. The molecule has 9 atom stereocenters. The molecule has 0 spiro atoms. The van der Waals surface area contributed by atoms with Crippen LogP contribution in [-0.4, -0.2) is 24.1 Å². The van der Waals surface area contributed by atoms with Gasteiger partial charge >= 0.3 is 0 Å². The van der Waals surface area contributed by atoms with Gasteiger partial charge in [-0.15, -0.1) is 6.42 Å². The number of ketones is 1. The molecule has 0 saturated heterocycles. The van der Waals surface area contributed by atoms with E-state index in [4.69, 9.17) is 11.2 Å². The lowest BCUT2D eigenvalue weighted by atomic mass is 9.42. The first-order valence-corrected chi connectivity index (χ1v) is 13.0. The normalized spacial score (nSPS) is 46.4. The number of methoxy groups -OCH3 is 1. The summed E-state index contributed by atoms with van der Waals surface area (Å²) in [6, 6.07) is 8.00. The van der Waals surface area contributed by atoms with Crippen LogP contribution in [0.5, 0.6) is 5.75 Å². The Morgan fingerprint density at radius 3 is 2.36 bits per heavy atom. The molecule has 1 N–H and O–H groups in total. The van der Waals surface area contributed by atoms with E-state index in [0.29, 0.717) is 29.5 Å². The van der Waals surface area contributed by atoms with Crippen LogP contribution in [-0.2, 0) is 10.2 Å². The highest BCUT2D eigenvalue weighted by Crippen LogP contribution is 2.68. The predicted octanol–water partition coefficient (Wildman–Crippen LogP) is 5.78. The number of aliphatic hydroxyl groups is 1. The molecule has 0 heterocycles. The highest BCUT2D eigenvalue weighted by atomic mass is 16.5. The number of hydrogen-bond acceptors (Lipinski definition) is 3. The average molecular weight is 449 g/mol. The number of terminal acetylenes is 1. The minimum Gasteiger partial charge on any atom is -0.497 e. The summed E-state index contributed by atoms with van der Waals surface area (Å²) < 4.78 is 5.34. The van der Waals surface area contributed by atoms with Crippen molar-refractivity contribution in [2.24, 2.45) is 40.4 Å². The molecule has 0 aliphatic heterocycles. The van der Waals surface area contributed by atoms with E-state index >= 15 is 0 Å². The number of aliphatic hydroxyl groups excluding tert-OH is 1. The lowest BCUT2D eigenvalue weighted by Crippen LogP contribution is -2.59. The van der Waals surface area contributed by atoms with Crippen LogP contribution < -0.4 is 4.74 Å². The monoisotopic (exact) mass is 448 g/mol. The minimum atomic E-state index is -0.625. The first-order chi connectivity index (χ1) is 15.7. The van der Waals surface area contributed by atoms with Gasteiger partial charge in [0, 0.05) is 5.92 Å². The maximum absolute atomic E-state index is 12.4. The standard InChI is InChI=1S/C30H40O3/c1-6-30(20-7-10-22(33-5)11-8-20)17-21-9-12-23-25-14-13-24(19(2)31)28(25,3)16-15-26(23)29(21,4)18-27(30)32/h1,7-8,10-11,21,23-27,32H,9,12-18H2,2-5H3/t21-,23+,24-,25+,26+,27?,28-,29+,30+/m1/s1. The Morgan fingerprint density at radius 2 is 1.73 bits per heavy atom. The summed E-state index contributed by atoms with van der Waals surface area (Å²) in [6.45, 7) is 6.66. The molecule has 4 saturated carbocycles. The highest BCUT2D eigenvalue weighted by molar-refractivity contribution is 5.79. The number of carbonyl (C=O) groups excluding carboxylic acids is 1. The molecule has 3 heteroatoms. The van der Waals surface area contributed by atoms with E-state index in [1.54, 1.807) is 14.0 Å². The van der Waals surface area contributed by atoms with Gasteiger partial charge in [-0.3, -0.25) is 4.79 Å². The van der Waals surface area contributed by atoms with Gasteiger partial charge in [-0.2, -0.15) is 0 Å². The van der Waals surface area contributed by atoms with Crippen molar-refractivity contribution in [3.63, 3.8) is 0 Å². The second-order valence-electron chi connectivity index (χ2n) is 12.2. The van der Waals surface area contributed by atoms with Crippen LogP contribution in [0.25, 0.3) is 0 Å². The summed E-state index contributed by atoms with van der Waals surface area (Å²) in [5, 5.41) is 11.6. The van der Waals surface area contributed by atoms with Gasteiger partial charge in [-0.05, 0) is 110 Å². The van der Waals surface area contributed by atoms with E-state index in [0.717, 1.165) is 37.0 Å². The SMILES string of the molecule is C#C[C@@]1(c2ccc(OC)cc2)C[C@H]2CC[C@@H]3[C@H](CC[C@]4(C)[C@@H](C(C)=O)CC[C@@H]34)[C@@]2(C)CC1O. The van der Waals surface area contributed by atoms with Crippen LogP contribution in [0.4, 0.5) is 0 Å². The molecule has 4 fully saturated rings. The average Bonchev–Trinajstić information content (AvgIpc) is 3.16. The maximum Gasteiger partial charge on any atom is 0.133 e. The van der Waals surface area contributed by atoms with Crippen molar-refractivity contribution < 1.29 is 14.6 Å². The molecule has 1 unspecified atom stereocenters. The molecule has 0 radical (unpaired) electrons. The Kier molecular flexibility index (Phi) is 5.48. The Labute approximate surface area is 199 Å². The number of carbonyl (C=O) groups is 1. The van der Waals surface area contributed by atoms with E-state index in [1.165, 1.54) is 25.7 Å². The van der Waals surface area contributed by atoms with Gasteiger partial charge in [0.15, 0.2) is 0 Å². The summed E-state index contributed by atoms with van der Waals surface area (Å²) in [6.07, 6.45) is 14.3. The third-order valence-corrected chi connectivity index (χ3v) is 11.2. The second-order valence-corrected chi connectivity index (χ2v) is 12.2. The van der Waals surface area contributed by atoms with Crippen LogP contribution in [0.3, 0.4) is 0 Å². The van der Waals surface area contributed by atoms with E-state index in [2.05, 4.69) is 19.8 Å². The molecular weight excluding hydrogens is 408 g/mol. The zero-order chi connectivity index (χ0) is 23.6. The number of Topliss-reactive ketones (excluding diaryl/α,β-unsaturated/α-hetero) is 1. The van der Waals surface area contributed by atoms with Crippen molar-refractivity contribution in [3.8, 4) is 18.1 Å².